The van der Waals surface area contributed by atoms with E-state index in [0.717, 1.165) is 50.3 Å². The van der Waals surface area contributed by atoms with Crippen LogP contribution in [-0.2, 0) is 0 Å². The molecule has 1 amide bonds. The minimum absolute atomic E-state index is 0. The third-order valence-electron chi connectivity index (χ3n) is 5.01. The highest BCUT2D eigenvalue weighted by molar-refractivity contribution is 5.95. The predicted octanol–water partition coefficient (Wildman–Crippen LogP) is 2.31. The SMILES string of the molecule is CC1CNCC(C)N1C(=O)c1ccc(N2CCC(O)CC2)cc1.Cl.Cl. The first-order valence-electron chi connectivity index (χ1n) is 8.62. The Labute approximate surface area is 162 Å². The van der Waals surface area contributed by atoms with Crippen molar-refractivity contribution in [3.05, 3.63) is 29.8 Å². The number of piperidine rings is 1. The zero-order valence-corrected chi connectivity index (χ0v) is 16.5. The molecule has 2 saturated heterocycles. The molecule has 2 heterocycles. The van der Waals surface area contributed by atoms with Crippen molar-refractivity contribution in [2.45, 2.75) is 44.9 Å². The zero-order valence-electron chi connectivity index (χ0n) is 14.9. The number of hydrogen-bond acceptors (Lipinski definition) is 4. The Morgan fingerprint density at radius 3 is 2.08 bits per heavy atom. The van der Waals surface area contributed by atoms with Crippen molar-refractivity contribution in [1.82, 2.24) is 10.2 Å². The van der Waals surface area contributed by atoms with Crippen LogP contribution in [0.5, 0.6) is 0 Å². The number of rotatable bonds is 2. The lowest BCUT2D eigenvalue weighted by atomic mass is 10.0. The van der Waals surface area contributed by atoms with Gasteiger partial charge in [-0.3, -0.25) is 4.79 Å². The van der Waals surface area contributed by atoms with E-state index in [-0.39, 0.29) is 48.9 Å². The summed E-state index contributed by atoms with van der Waals surface area (Å²) in [6.45, 7) is 7.64. The first kappa shape index (κ1) is 22.0. The first-order chi connectivity index (χ1) is 11.1. The number of carbonyl (C=O) groups excluding carboxylic acids is 1. The van der Waals surface area contributed by atoms with Gasteiger partial charge in [0, 0.05) is 49.5 Å². The predicted molar refractivity (Wildman–Crippen MR) is 106 cm³/mol. The Bertz CT molecular complexity index is 538. The Hall–Kier alpha value is -1.01. The van der Waals surface area contributed by atoms with Gasteiger partial charge in [-0.05, 0) is 51.0 Å². The number of halogens is 2. The molecule has 5 nitrogen and oxygen atoms in total. The van der Waals surface area contributed by atoms with E-state index >= 15 is 0 Å². The monoisotopic (exact) mass is 389 g/mol. The maximum absolute atomic E-state index is 12.8. The van der Waals surface area contributed by atoms with E-state index in [9.17, 15) is 9.90 Å². The Balaban J connectivity index is 0.00000156. The maximum Gasteiger partial charge on any atom is 0.254 e. The molecule has 3 rings (SSSR count). The molecular weight excluding hydrogens is 361 g/mol. The Kier molecular flexibility index (Phi) is 8.48. The summed E-state index contributed by atoms with van der Waals surface area (Å²) in [5, 5.41) is 13.0. The molecule has 0 spiro atoms. The van der Waals surface area contributed by atoms with Crippen LogP contribution in [0.4, 0.5) is 5.69 Å². The van der Waals surface area contributed by atoms with E-state index in [2.05, 4.69) is 24.1 Å². The quantitative estimate of drug-likeness (QED) is 0.814. The summed E-state index contributed by atoms with van der Waals surface area (Å²) in [4.78, 5) is 17.1. The molecule has 7 heteroatoms. The lowest BCUT2D eigenvalue weighted by Crippen LogP contribution is -2.57. The molecule has 0 bridgehead atoms. The van der Waals surface area contributed by atoms with Gasteiger partial charge in [-0.2, -0.15) is 0 Å². The van der Waals surface area contributed by atoms with Crippen molar-refractivity contribution in [1.29, 1.82) is 0 Å². The number of carbonyl (C=O) groups is 1. The Morgan fingerprint density at radius 1 is 1.04 bits per heavy atom. The summed E-state index contributed by atoms with van der Waals surface area (Å²) in [6.07, 6.45) is 1.47. The van der Waals surface area contributed by atoms with E-state index in [1.807, 2.05) is 29.2 Å². The van der Waals surface area contributed by atoms with Crippen molar-refractivity contribution in [2.24, 2.45) is 0 Å². The molecule has 1 aromatic rings. The van der Waals surface area contributed by atoms with Crippen LogP contribution >= 0.6 is 24.8 Å². The number of aliphatic hydroxyl groups is 1. The number of nitrogens with one attached hydrogen (secondary N) is 1. The first-order valence-corrected chi connectivity index (χ1v) is 8.62. The number of nitrogens with zero attached hydrogens (tertiary/aromatic N) is 2. The van der Waals surface area contributed by atoms with Crippen LogP contribution in [0.2, 0.25) is 0 Å². The smallest absolute Gasteiger partial charge is 0.254 e. The van der Waals surface area contributed by atoms with Crippen LogP contribution in [-0.4, -0.2) is 60.3 Å². The van der Waals surface area contributed by atoms with E-state index in [1.165, 1.54) is 0 Å². The number of anilines is 1. The van der Waals surface area contributed by atoms with Crippen molar-refractivity contribution >= 4 is 36.4 Å². The summed E-state index contributed by atoms with van der Waals surface area (Å²) in [7, 11) is 0. The minimum Gasteiger partial charge on any atom is -0.393 e. The zero-order chi connectivity index (χ0) is 16.4. The van der Waals surface area contributed by atoms with Gasteiger partial charge < -0.3 is 20.2 Å². The highest BCUT2D eigenvalue weighted by atomic mass is 35.5. The lowest BCUT2D eigenvalue weighted by molar-refractivity contribution is 0.0544. The van der Waals surface area contributed by atoms with E-state index < -0.39 is 0 Å². The van der Waals surface area contributed by atoms with Gasteiger partial charge in [0.25, 0.3) is 5.91 Å². The van der Waals surface area contributed by atoms with Gasteiger partial charge in [0.1, 0.15) is 0 Å². The van der Waals surface area contributed by atoms with Gasteiger partial charge in [0.05, 0.1) is 6.10 Å². The fourth-order valence-electron chi connectivity index (χ4n) is 3.62. The second-order valence-corrected chi connectivity index (χ2v) is 6.83. The topological polar surface area (TPSA) is 55.8 Å². The molecule has 1 aromatic carbocycles. The number of piperazine rings is 1. The highest BCUT2D eigenvalue weighted by Crippen LogP contribution is 2.22. The third-order valence-corrected chi connectivity index (χ3v) is 5.01. The Morgan fingerprint density at radius 2 is 1.56 bits per heavy atom. The van der Waals surface area contributed by atoms with Crippen LogP contribution in [0.15, 0.2) is 24.3 Å². The van der Waals surface area contributed by atoms with Crippen molar-refractivity contribution < 1.29 is 9.90 Å². The van der Waals surface area contributed by atoms with Crippen LogP contribution in [0, 0.1) is 0 Å². The molecule has 0 aromatic heterocycles. The van der Waals surface area contributed by atoms with Crippen LogP contribution in [0.3, 0.4) is 0 Å². The van der Waals surface area contributed by atoms with Gasteiger partial charge in [-0.25, -0.2) is 0 Å². The standard InChI is InChI=1S/C18H27N3O2.2ClH/c1-13-11-19-12-14(2)21(13)18(23)15-3-5-16(6-4-15)20-9-7-17(22)8-10-20;;/h3-6,13-14,17,19,22H,7-12H2,1-2H3;2*1H. The van der Waals surface area contributed by atoms with Gasteiger partial charge >= 0.3 is 0 Å². The molecule has 2 unspecified atom stereocenters. The summed E-state index contributed by atoms with van der Waals surface area (Å²) >= 11 is 0. The minimum atomic E-state index is -0.164. The second-order valence-electron chi connectivity index (χ2n) is 6.83. The average Bonchev–Trinajstić information content (AvgIpc) is 2.55. The van der Waals surface area contributed by atoms with Gasteiger partial charge in [-0.15, -0.1) is 24.8 Å². The van der Waals surface area contributed by atoms with Crippen molar-refractivity contribution in [3.63, 3.8) is 0 Å². The average molecular weight is 390 g/mol. The van der Waals surface area contributed by atoms with E-state index in [4.69, 9.17) is 0 Å². The molecule has 25 heavy (non-hydrogen) atoms. The summed E-state index contributed by atoms with van der Waals surface area (Å²) in [5.74, 6) is 0.118. The molecule has 2 atom stereocenters. The van der Waals surface area contributed by atoms with E-state index in [1.54, 1.807) is 0 Å². The fraction of sp³-hybridized carbons (Fsp3) is 0.611. The lowest BCUT2D eigenvalue weighted by Gasteiger charge is -2.39. The van der Waals surface area contributed by atoms with Crippen molar-refractivity contribution in [2.75, 3.05) is 31.1 Å². The number of amides is 1. The fourth-order valence-corrected chi connectivity index (χ4v) is 3.62. The molecule has 0 aliphatic carbocycles. The number of benzene rings is 1. The molecular formula is C18H29Cl2N3O2. The summed E-state index contributed by atoms with van der Waals surface area (Å²) in [6, 6.07) is 8.36. The molecule has 0 saturated carbocycles. The van der Waals surface area contributed by atoms with E-state index in [0.29, 0.717) is 0 Å². The van der Waals surface area contributed by atoms with Crippen LogP contribution < -0.4 is 10.2 Å². The summed E-state index contributed by atoms with van der Waals surface area (Å²) in [5.41, 5.74) is 1.89. The third kappa shape index (κ3) is 5.00. The molecule has 2 fully saturated rings. The van der Waals surface area contributed by atoms with Crippen LogP contribution in [0.25, 0.3) is 0 Å². The molecule has 2 N–H and O–H groups in total. The van der Waals surface area contributed by atoms with Crippen LogP contribution in [0.1, 0.15) is 37.0 Å². The highest BCUT2D eigenvalue weighted by Gasteiger charge is 2.29. The summed E-state index contributed by atoms with van der Waals surface area (Å²) < 4.78 is 0. The maximum atomic E-state index is 12.8. The second kappa shape index (κ2) is 9.62. The van der Waals surface area contributed by atoms with Gasteiger partial charge in [0.15, 0.2) is 0 Å². The molecule has 2 aliphatic rings. The number of hydrogen-bond donors (Lipinski definition) is 2. The largest absolute Gasteiger partial charge is 0.393 e. The number of aliphatic hydroxyl groups excluding tert-OH is 1. The molecule has 0 radical (unpaired) electrons. The normalized spacial score (nSPS) is 24.3. The molecule has 2 aliphatic heterocycles. The van der Waals surface area contributed by atoms with Gasteiger partial charge in [-0.1, -0.05) is 0 Å². The molecule has 142 valence electrons. The van der Waals surface area contributed by atoms with Crippen molar-refractivity contribution in [3.8, 4) is 0 Å². The van der Waals surface area contributed by atoms with Gasteiger partial charge in [0.2, 0.25) is 0 Å².